The third-order valence-electron chi connectivity index (χ3n) is 4.49. The maximum absolute atomic E-state index is 11.7. The van der Waals surface area contributed by atoms with Gasteiger partial charge in [0.05, 0.1) is 0 Å². The van der Waals surface area contributed by atoms with Gasteiger partial charge in [0.2, 0.25) is 0 Å². The van der Waals surface area contributed by atoms with Crippen molar-refractivity contribution in [1.29, 1.82) is 0 Å². The number of nitrogens with two attached hydrogens (primary N) is 1. The van der Waals surface area contributed by atoms with Crippen LogP contribution in [0.25, 0.3) is 0 Å². The Balaban J connectivity index is 1.99. The molecule has 0 aromatic carbocycles. The van der Waals surface area contributed by atoms with Crippen LogP contribution in [0.1, 0.15) is 25.7 Å². The van der Waals surface area contributed by atoms with E-state index in [1.165, 1.54) is 12.8 Å². The number of piperidine rings is 1. The van der Waals surface area contributed by atoms with Gasteiger partial charge in [0.15, 0.2) is 0 Å². The van der Waals surface area contributed by atoms with Crippen LogP contribution in [0.5, 0.6) is 0 Å². The summed E-state index contributed by atoms with van der Waals surface area (Å²) in [5.41, 5.74) is 5.73. The van der Waals surface area contributed by atoms with Crippen molar-refractivity contribution >= 4 is 11.9 Å². The number of carbonyl (C=O) groups is 1. The summed E-state index contributed by atoms with van der Waals surface area (Å²) in [4.78, 5) is 19.8. The second-order valence-corrected chi connectivity index (χ2v) is 5.06. The Morgan fingerprint density at radius 1 is 1.44 bits per heavy atom. The normalized spacial score (nSPS) is 39.3. The van der Waals surface area contributed by atoms with Gasteiger partial charge in [0.25, 0.3) is 0 Å². The molecule has 5 heteroatoms. The molecule has 2 saturated heterocycles. The van der Waals surface area contributed by atoms with Crippen molar-refractivity contribution < 1.29 is 4.79 Å². The van der Waals surface area contributed by atoms with Gasteiger partial charge < -0.3 is 10.6 Å². The average molecular weight is 222 g/mol. The van der Waals surface area contributed by atoms with Crippen LogP contribution in [-0.2, 0) is 0 Å². The van der Waals surface area contributed by atoms with Crippen LogP contribution in [-0.4, -0.2) is 53.4 Å². The van der Waals surface area contributed by atoms with Gasteiger partial charge in [-0.3, -0.25) is 4.90 Å². The van der Waals surface area contributed by atoms with Crippen LogP contribution in [0.3, 0.4) is 0 Å². The van der Waals surface area contributed by atoms with E-state index in [1.807, 2.05) is 7.05 Å². The van der Waals surface area contributed by atoms with E-state index in [1.54, 1.807) is 4.90 Å². The molecule has 0 aliphatic carbocycles. The highest BCUT2D eigenvalue weighted by Crippen LogP contribution is 2.41. The van der Waals surface area contributed by atoms with Gasteiger partial charge >= 0.3 is 6.03 Å². The highest BCUT2D eigenvalue weighted by molar-refractivity contribution is 6.06. The highest BCUT2D eigenvalue weighted by atomic mass is 16.2. The number of fused-ring (bicyclic) bond motifs is 2. The van der Waals surface area contributed by atoms with Gasteiger partial charge in [-0.25, -0.2) is 4.79 Å². The molecule has 5 nitrogen and oxygen atoms in total. The fraction of sp³-hybridized carbons (Fsp3) is 0.818. The molecule has 3 rings (SSSR count). The van der Waals surface area contributed by atoms with E-state index < -0.39 is 0 Å². The fourth-order valence-corrected chi connectivity index (χ4v) is 3.59. The van der Waals surface area contributed by atoms with Crippen molar-refractivity contribution in [3.8, 4) is 0 Å². The second kappa shape index (κ2) is 3.20. The fourth-order valence-electron chi connectivity index (χ4n) is 3.59. The lowest BCUT2D eigenvalue weighted by Crippen LogP contribution is -2.60. The van der Waals surface area contributed by atoms with Gasteiger partial charge in [-0.1, -0.05) is 6.42 Å². The number of amides is 2. The third-order valence-corrected chi connectivity index (χ3v) is 4.49. The third kappa shape index (κ3) is 1.04. The van der Waals surface area contributed by atoms with E-state index in [0.717, 1.165) is 25.9 Å². The molecule has 2 N–H and O–H groups in total. The molecule has 3 aliphatic heterocycles. The van der Waals surface area contributed by atoms with Crippen LogP contribution in [0, 0.1) is 0 Å². The van der Waals surface area contributed by atoms with E-state index in [0.29, 0.717) is 11.9 Å². The van der Waals surface area contributed by atoms with Crippen molar-refractivity contribution in [2.24, 2.45) is 10.7 Å². The molecule has 2 unspecified atom stereocenters. The number of carbonyl (C=O) groups excluding carboxylic acids is 1. The zero-order chi connectivity index (χ0) is 11.3. The van der Waals surface area contributed by atoms with Crippen molar-refractivity contribution in [3.63, 3.8) is 0 Å². The largest absolute Gasteiger partial charge is 0.385 e. The first-order valence-corrected chi connectivity index (χ1v) is 6.03. The summed E-state index contributed by atoms with van der Waals surface area (Å²) in [6.45, 7) is 2.18. The molecule has 88 valence electrons. The van der Waals surface area contributed by atoms with E-state index in [2.05, 4.69) is 9.89 Å². The van der Waals surface area contributed by atoms with Gasteiger partial charge in [0.1, 0.15) is 11.4 Å². The lowest BCUT2D eigenvalue weighted by molar-refractivity contribution is 0.120. The molecule has 0 bridgehead atoms. The molecule has 16 heavy (non-hydrogen) atoms. The summed E-state index contributed by atoms with van der Waals surface area (Å²) in [5, 5.41) is 0. The van der Waals surface area contributed by atoms with Crippen LogP contribution in [0.4, 0.5) is 4.79 Å². The number of nitrogens with zero attached hydrogens (tertiary/aromatic N) is 3. The molecule has 0 aromatic heterocycles. The Labute approximate surface area is 95.3 Å². The van der Waals surface area contributed by atoms with Crippen LogP contribution in [0.2, 0.25) is 0 Å². The summed E-state index contributed by atoms with van der Waals surface area (Å²) in [5.74, 6) is 0.536. The predicted octanol–water partition coefficient (Wildman–Crippen LogP) is 0.406. The number of rotatable bonds is 0. The number of urea groups is 1. The highest BCUT2D eigenvalue weighted by Gasteiger charge is 2.57. The molecular weight excluding hydrogens is 204 g/mol. The van der Waals surface area contributed by atoms with Crippen molar-refractivity contribution in [2.75, 3.05) is 20.1 Å². The average Bonchev–Trinajstić information content (AvgIpc) is 2.77. The lowest BCUT2D eigenvalue weighted by Gasteiger charge is -2.41. The van der Waals surface area contributed by atoms with E-state index in [9.17, 15) is 4.79 Å². The van der Waals surface area contributed by atoms with Crippen molar-refractivity contribution in [2.45, 2.75) is 37.3 Å². The minimum atomic E-state index is -0.294. The first kappa shape index (κ1) is 10.1. The molecule has 3 heterocycles. The summed E-state index contributed by atoms with van der Waals surface area (Å²) < 4.78 is 0. The van der Waals surface area contributed by atoms with Crippen LogP contribution < -0.4 is 5.73 Å². The molecule has 3 aliphatic rings. The number of aliphatic imine (C=N–C) groups is 1. The van der Waals surface area contributed by atoms with Gasteiger partial charge in [-0.15, -0.1) is 0 Å². The second-order valence-electron chi connectivity index (χ2n) is 5.06. The molecule has 2 amide bonds. The number of hydrogen-bond donors (Lipinski definition) is 1. The summed E-state index contributed by atoms with van der Waals surface area (Å²) in [7, 11) is 1.84. The van der Waals surface area contributed by atoms with Gasteiger partial charge in [-0.2, -0.15) is 4.99 Å². The zero-order valence-electron chi connectivity index (χ0n) is 9.65. The SMILES string of the molecule is CN1C(=O)N=C(N)C12CCN1CCCCC12. The molecule has 0 aromatic rings. The maximum Gasteiger partial charge on any atom is 0.345 e. The van der Waals surface area contributed by atoms with Gasteiger partial charge in [-0.05, 0) is 25.8 Å². The lowest BCUT2D eigenvalue weighted by atomic mass is 9.84. The smallest absolute Gasteiger partial charge is 0.345 e. The van der Waals surface area contributed by atoms with Crippen molar-refractivity contribution in [3.05, 3.63) is 0 Å². The summed E-state index contributed by atoms with van der Waals surface area (Å²) in [6.07, 6.45) is 4.57. The summed E-state index contributed by atoms with van der Waals surface area (Å²) in [6, 6.07) is 0.214. The van der Waals surface area contributed by atoms with Crippen LogP contribution in [0.15, 0.2) is 4.99 Å². The first-order chi connectivity index (χ1) is 7.66. The van der Waals surface area contributed by atoms with E-state index in [4.69, 9.17) is 5.73 Å². The minimum Gasteiger partial charge on any atom is -0.385 e. The molecule has 0 radical (unpaired) electrons. The maximum atomic E-state index is 11.7. The Hall–Kier alpha value is -1.10. The molecule has 2 atom stereocenters. The van der Waals surface area contributed by atoms with Crippen LogP contribution >= 0.6 is 0 Å². The topological polar surface area (TPSA) is 61.9 Å². The summed E-state index contributed by atoms with van der Waals surface area (Å²) >= 11 is 0. The van der Waals surface area contributed by atoms with Gasteiger partial charge in [0, 0.05) is 19.6 Å². The zero-order valence-corrected chi connectivity index (χ0v) is 9.65. The van der Waals surface area contributed by atoms with Crippen molar-refractivity contribution in [1.82, 2.24) is 9.80 Å². The molecule has 0 saturated carbocycles. The predicted molar refractivity (Wildman–Crippen MR) is 61.3 cm³/mol. The Morgan fingerprint density at radius 3 is 2.94 bits per heavy atom. The quantitative estimate of drug-likeness (QED) is 0.645. The Morgan fingerprint density at radius 2 is 2.25 bits per heavy atom. The monoisotopic (exact) mass is 222 g/mol. The Bertz CT molecular complexity index is 367. The molecule has 2 fully saturated rings. The Kier molecular flexibility index (Phi) is 2.01. The first-order valence-electron chi connectivity index (χ1n) is 6.03. The molecule has 1 spiro atoms. The van der Waals surface area contributed by atoms with E-state index in [-0.39, 0.29) is 11.6 Å². The molecular formula is C11H18N4O. The number of hydrogen-bond acceptors (Lipinski definition) is 3. The standard InChI is InChI=1S/C11H18N4O/c1-14-10(16)13-9(12)11(14)5-7-15-6-3-2-4-8(11)15/h8H,2-7H2,1H3,(H2,12,13,16). The number of likely N-dealkylation sites (N-methyl/N-ethyl adjacent to an activating group) is 1. The van der Waals surface area contributed by atoms with E-state index >= 15 is 0 Å². The number of amidine groups is 1. The minimum absolute atomic E-state index is 0.176.